The Morgan fingerprint density at radius 1 is 1.39 bits per heavy atom. The van der Waals surface area contributed by atoms with Crippen molar-refractivity contribution in [1.82, 2.24) is 14.9 Å². The van der Waals surface area contributed by atoms with Crippen LogP contribution in [-0.4, -0.2) is 46.9 Å². The average molecular weight is 275 g/mol. The molecule has 0 aromatic carbocycles. The number of nitrogens with one attached hydrogen (secondary N) is 2. The number of carbonyl (C=O) groups excluding carboxylic acids is 1. The Labute approximate surface area is 106 Å². The van der Waals surface area contributed by atoms with Crippen LogP contribution in [0.1, 0.15) is 5.76 Å². The highest BCUT2D eigenvalue weighted by molar-refractivity contribution is 7.89. The molecule has 0 spiro atoms. The van der Waals surface area contributed by atoms with Gasteiger partial charge in [0.05, 0.1) is 13.1 Å². The number of rotatable bonds is 6. The van der Waals surface area contributed by atoms with E-state index in [-0.39, 0.29) is 17.5 Å². The first kappa shape index (κ1) is 14.7. The smallest absolute Gasteiger partial charge is 0.273 e. The van der Waals surface area contributed by atoms with Crippen molar-refractivity contribution in [2.24, 2.45) is 0 Å². The van der Waals surface area contributed by atoms with Crippen LogP contribution in [0.15, 0.2) is 21.6 Å². The molecular weight excluding hydrogens is 258 g/mol. The fourth-order valence-corrected chi connectivity index (χ4v) is 1.81. The van der Waals surface area contributed by atoms with E-state index in [0.29, 0.717) is 12.3 Å². The van der Waals surface area contributed by atoms with Crippen molar-refractivity contribution in [2.75, 3.05) is 27.7 Å². The van der Waals surface area contributed by atoms with E-state index in [9.17, 15) is 13.2 Å². The molecule has 18 heavy (non-hydrogen) atoms. The molecule has 0 aliphatic carbocycles. The molecule has 8 heteroatoms. The van der Waals surface area contributed by atoms with Crippen LogP contribution in [0.5, 0.6) is 0 Å². The lowest BCUT2D eigenvalue weighted by atomic mass is 10.4. The second-order valence-electron chi connectivity index (χ2n) is 3.82. The Morgan fingerprint density at radius 2 is 2.06 bits per heavy atom. The molecule has 1 amide bonds. The van der Waals surface area contributed by atoms with E-state index in [0.717, 1.165) is 0 Å². The quantitative estimate of drug-likeness (QED) is 0.721. The summed E-state index contributed by atoms with van der Waals surface area (Å²) in [6.45, 7) is 0.459. The molecule has 0 radical (unpaired) electrons. The Bertz CT molecular complexity index is 507. The van der Waals surface area contributed by atoms with Crippen molar-refractivity contribution in [2.45, 2.75) is 11.6 Å². The molecule has 0 bridgehead atoms. The monoisotopic (exact) mass is 275 g/mol. The average Bonchev–Trinajstić information content (AvgIpc) is 2.78. The molecule has 0 aliphatic heterocycles. The van der Waals surface area contributed by atoms with Crippen LogP contribution >= 0.6 is 0 Å². The van der Waals surface area contributed by atoms with Crippen molar-refractivity contribution in [3.05, 3.63) is 17.9 Å². The minimum Gasteiger partial charge on any atom is -0.447 e. The van der Waals surface area contributed by atoms with Gasteiger partial charge in [-0.25, -0.2) is 13.1 Å². The summed E-state index contributed by atoms with van der Waals surface area (Å²) in [4.78, 5) is 12.7. The van der Waals surface area contributed by atoms with Crippen molar-refractivity contribution in [3.8, 4) is 0 Å². The summed E-state index contributed by atoms with van der Waals surface area (Å²) in [5, 5.41) is 2.73. The van der Waals surface area contributed by atoms with Gasteiger partial charge in [0.2, 0.25) is 11.0 Å². The third-order valence-corrected chi connectivity index (χ3v) is 3.53. The normalized spacial score (nSPS) is 11.5. The van der Waals surface area contributed by atoms with E-state index < -0.39 is 10.0 Å². The zero-order chi connectivity index (χ0) is 13.8. The lowest BCUT2D eigenvalue weighted by Crippen LogP contribution is -2.32. The summed E-state index contributed by atoms with van der Waals surface area (Å²) in [6, 6.07) is 2.92. The first-order valence-corrected chi connectivity index (χ1v) is 6.78. The molecule has 7 nitrogen and oxygen atoms in total. The molecule has 1 rings (SSSR count). The number of nitrogens with zero attached hydrogens (tertiary/aromatic N) is 1. The lowest BCUT2D eigenvalue weighted by Gasteiger charge is -2.09. The third kappa shape index (κ3) is 3.83. The summed E-state index contributed by atoms with van der Waals surface area (Å²) in [5.41, 5.74) is 0. The lowest BCUT2D eigenvalue weighted by molar-refractivity contribution is -0.127. The van der Waals surface area contributed by atoms with E-state index in [4.69, 9.17) is 4.42 Å². The van der Waals surface area contributed by atoms with E-state index in [2.05, 4.69) is 10.0 Å². The van der Waals surface area contributed by atoms with E-state index in [1.165, 1.54) is 18.0 Å². The summed E-state index contributed by atoms with van der Waals surface area (Å²) >= 11 is 0. The topological polar surface area (TPSA) is 91.7 Å². The summed E-state index contributed by atoms with van der Waals surface area (Å²) in [6.07, 6.45) is 0. The first-order valence-electron chi connectivity index (χ1n) is 5.30. The highest BCUT2D eigenvalue weighted by Crippen LogP contribution is 2.12. The van der Waals surface area contributed by atoms with E-state index >= 15 is 0 Å². The second kappa shape index (κ2) is 5.98. The van der Waals surface area contributed by atoms with E-state index in [1.807, 2.05) is 0 Å². The zero-order valence-corrected chi connectivity index (χ0v) is 11.4. The Hall–Kier alpha value is -1.38. The maximum Gasteiger partial charge on any atom is 0.273 e. The highest BCUT2D eigenvalue weighted by Gasteiger charge is 2.16. The summed E-state index contributed by atoms with van der Waals surface area (Å²) in [5.74, 6) is 0.389. The Morgan fingerprint density at radius 3 is 2.61 bits per heavy atom. The van der Waals surface area contributed by atoms with Gasteiger partial charge in [-0.05, 0) is 19.2 Å². The minimum absolute atomic E-state index is 0.0652. The molecule has 1 aromatic rings. The second-order valence-corrected chi connectivity index (χ2v) is 5.64. The molecule has 0 aliphatic rings. The molecule has 0 saturated carbocycles. The van der Waals surface area contributed by atoms with E-state index in [1.54, 1.807) is 20.2 Å². The fourth-order valence-electron chi connectivity index (χ4n) is 1.15. The molecule has 1 heterocycles. The van der Waals surface area contributed by atoms with Gasteiger partial charge in [-0.2, -0.15) is 0 Å². The molecule has 0 atom stereocenters. The Kier molecular flexibility index (Phi) is 4.88. The van der Waals surface area contributed by atoms with Crippen LogP contribution in [0.25, 0.3) is 0 Å². The molecule has 1 aromatic heterocycles. The number of hydrogen-bond donors (Lipinski definition) is 2. The minimum atomic E-state index is -3.55. The number of likely N-dealkylation sites (N-methyl/N-ethyl adjacent to an activating group) is 1. The highest BCUT2D eigenvalue weighted by atomic mass is 32.2. The fraction of sp³-hybridized carbons (Fsp3) is 0.500. The maximum atomic E-state index is 11.4. The van der Waals surface area contributed by atoms with Gasteiger partial charge in [-0.1, -0.05) is 0 Å². The van der Waals surface area contributed by atoms with Crippen molar-refractivity contribution >= 4 is 15.9 Å². The van der Waals surface area contributed by atoms with Gasteiger partial charge in [-0.3, -0.25) is 4.79 Å². The molecular formula is C10H17N3O4S. The van der Waals surface area contributed by atoms with Crippen LogP contribution < -0.4 is 10.0 Å². The standard InChI is InChI=1S/C10H17N3O4S/c1-11-18(15,16)10-5-4-8(17-10)6-12-7-9(14)13(2)3/h4-5,11-12H,6-7H2,1-3H3. The van der Waals surface area contributed by atoms with Crippen molar-refractivity contribution in [3.63, 3.8) is 0 Å². The van der Waals surface area contributed by atoms with Crippen LogP contribution in [0.4, 0.5) is 0 Å². The van der Waals surface area contributed by atoms with Gasteiger partial charge in [0, 0.05) is 14.1 Å². The zero-order valence-electron chi connectivity index (χ0n) is 10.6. The van der Waals surface area contributed by atoms with Crippen LogP contribution in [0.2, 0.25) is 0 Å². The predicted octanol–water partition coefficient (Wildman–Crippen LogP) is -0.634. The van der Waals surface area contributed by atoms with Gasteiger partial charge in [0.15, 0.2) is 0 Å². The van der Waals surface area contributed by atoms with Gasteiger partial charge >= 0.3 is 0 Å². The summed E-state index contributed by atoms with van der Waals surface area (Å²) in [7, 11) is 1.08. The Balaban J connectivity index is 2.53. The van der Waals surface area contributed by atoms with Crippen LogP contribution in [-0.2, 0) is 21.4 Å². The largest absolute Gasteiger partial charge is 0.447 e. The number of sulfonamides is 1. The number of furan rings is 1. The SMILES string of the molecule is CNS(=O)(=O)c1ccc(CNCC(=O)N(C)C)o1. The summed E-state index contributed by atoms with van der Waals surface area (Å²) < 4.78 is 30.1. The molecule has 0 saturated heterocycles. The third-order valence-electron chi connectivity index (χ3n) is 2.24. The van der Waals surface area contributed by atoms with Gasteiger partial charge < -0.3 is 14.6 Å². The number of amides is 1. The van der Waals surface area contributed by atoms with Crippen LogP contribution in [0.3, 0.4) is 0 Å². The predicted molar refractivity (Wildman–Crippen MR) is 65.4 cm³/mol. The van der Waals surface area contributed by atoms with Gasteiger partial charge in [0.25, 0.3) is 10.0 Å². The molecule has 0 fully saturated rings. The molecule has 102 valence electrons. The first-order chi connectivity index (χ1) is 8.36. The van der Waals surface area contributed by atoms with Crippen molar-refractivity contribution in [1.29, 1.82) is 0 Å². The van der Waals surface area contributed by atoms with Crippen LogP contribution in [0, 0.1) is 0 Å². The van der Waals surface area contributed by atoms with Gasteiger partial charge in [-0.15, -0.1) is 0 Å². The maximum absolute atomic E-state index is 11.4. The number of hydrogen-bond acceptors (Lipinski definition) is 5. The molecule has 0 unspecified atom stereocenters. The van der Waals surface area contributed by atoms with Crippen molar-refractivity contribution < 1.29 is 17.6 Å². The molecule has 2 N–H and O–H groups in total. The number of carbonyl (C=O) groups is 1. The van der Waals surface area contributed by atoms with Gasteiger partial charge in [0.1, 0.15) is 5.76 Å².